The first-order valence-electron chi connectivity index (χ1n) is 6.16. The predicted molar refractivity (Wildman–Crippen MR) is 64.1 cm³/mol. The maximum absolute atomic E-state index is 10.00. The Hall–Kier alpha value is -0.930. The predicted octanol–water partition coefficient (Wildman–Crippen LogP) is 1.99. The van der Waals surface area contributed by atoms with Gasteiger partial charge in [-0.25, -0.2) is 0 Å². The van der Waals surface area contributed by atoms with Gasteiger partial charge in [-0.15, -0.1) is 0 Å². The van der Waals surface area contributed by atoms with E-state index < -0.39 is 0 Å². The smallest absolute Gasteiger partial charge is 0.0803 e. The molecule has 1 N–H and O–H groups in total. The van der Waals surface area contributed by atoms with E-state index in [-0.39, 0.29) is 6.10 Å². The molecule has 1 saturated heterocycles. The molecule has 16 heavy (non-hydrogen) atoms. The van der Waals surface area contributed by atoms with Gasteiger partial charge in [0.1, 0.15) is 0 Å². The van der Waals surface area contributed by atoms with Crippen LogP contribution in [-0.2, 0) is 0 Å². The average Bonchev–Trinajstić information content (AvgIpc) is 2.38. The van der Waals surface area contributed by atoms with Crippen molar-refractivity contribution in [3.05, 3.63) is 30.1 Å². The summed E-state index contributed by atoms with van der Waals surface area (Å²) in [5, 5.41) is 10.00. The van der Waals surface area contributed by atoms with Crippen LogP contribution >= 0.6 is 0 Å². The van der Waals surface area contributed by atoms with Crippen molar-refractivity contribution in [3.8, 4) is 0 Å². The lowest BCUT2D eigenvalue weighted by molar-refractivity contribution is 0.134. The van der Waals surface area contributed by atoms with Gasteiger partial charge in [-0.05, 0) is 50.0 Å². The summed E-state index contributed by atoms with van der Waals surface area (Å²) in [4.78, 5) is 6.41. The first-order valence-corrected chi connectivity index (χ1v) is 6.16. The largest absolute Gasteiger partial charge is 0.388 e. The molecule has 3 nitrogen and oxygen atoms in total. The zero-order chi connectivity index (χ0) is 11.2. The number of pyridine rings is 1. The molecule has 0 bridgehead atoms. The highest BCUT2D eigenvalue weighted by Gasteiger charge is 2.13. The minimum atomic E-state index is -0.343. The normalized spacial score (nSPS) is 19.6. The van der Waals surface area contributed by atoms with Gasteiger partial charge < -0.3 is 10.0 Å². The number of aromatic nitrogens is 1. The molecule has 88 valence electrons. The van der Waals surface area contributed by atoms with Crippen molar-refractivity contribution in [2.75, 3.05) is 19.6 Å². The number of hydrogen-bond donors (Lipinski definition) is 1. The van der Waals surface area contributed by atoms with Crippen LogP contribution in [0.3, 0.4) is 0 Å². The van der Waals surface area contributed by atoms with Crippen LogP contribution in [0, 0.1) is 0 Å². The zero-order valence-corrected chi connectivity index (χ0v) is 9.68. The lowest BCUT2D eigenvalue weighted by Crippen LogP contribution is -2.31. The molecule has 0 aliphatic carbocycles. The Labute approximate surface area is 97.1 Å². The molecule has 3 heteroatoms. The summed E-state index contributed by atoms with van der Waals surface area (Å²) < 4.78 is 0. The van der Waals surface area contributed by atoms with Gasteiger partial charge in [0.05, 0.1) is 6.10 Å². The summed E-state index contributed by atoms with van der Waals surface area (Å²) in [6, 6.07) is 3.78. The summed E-state index contributed by atoms with van der Waals surface area (Å²) >= 11 is 0. The second-order valence-corrected chi connectivity index (χ2v) is 4.49. The van der Waals surface area contributed by atoms with Crippen molar-refractivity contribution in [2.45, 2.75) is 31.8 Å². The summed E-state index contributed by atoms with van der Waals surface area (Å²) in [7, 11) is 0. The molecule has 1 atom stereocenters. The van der Waals surface area contributed by atoms with Crippen LogP contribution in [0.25, 0.3) is 0 Å². The van der Waals surface area contributed by atoms with Crippen LogP contribution in [0.1, 0.15) is 37.4 Å². The standard InChI is InChI=1S/C13H20N2O/c16-13(12-4-7-14-8-5-12)6-11-15-9-2-1-3-10-15/h4-5,7-8,13,16H,1-3,6,9-11H2. The third kappa shape index (κ3) is 3.29. The number of likely N-dealkylation sites (tertiary alicyclic amines) is 1. The van der Waals surface area contributed by atoms with Crippen LogP contribution in [0.15, 0.2) is 24.5 Å². The topological polar surface area (TPSA) is 36.4 Å². The van der Waals surface area contributed by atoms with E-state index in [0.29, 0.717) is 0 Å². The molecule has 0 radical (unpaired) electrons. The van der Waals surface area contributed by atoms with Crippen LogP contribution in [0.4, 0.5) is 0 Å². The Morgan fingerprint density at radius 2 is 1.88 bits per heavy atom. The van der Waals surface area contributed by atoms with Crippen LogP contribution in [0.2, 0.25) is 0 Å². The van der Waals surface area contributed by atoms with Crippen molar-refractivity contribution >= 4 is 0 Å². The molecule has 0 amide bonds. The fraction of sp³-hybridized carbons (Fsp3) is 0.615. The van der Waals surface area contributed by atoms with E-state index in [9.17, 15) is 5.11 Å². The molecule has 1 aliphatic rings. The van der Waals surface area contributed by atoms with E-state index in [4.69, 9.17) is 0 Å². The minimum absolute atomic E-state index is 0.343. The van der Waals surface area contributed by atoms with Gasteiger partial charge >= 0.3 is 0 Å². The van der Waals surface area contributed by atoms with Gasteiger partial charge in [-0.1, -0.05) is 6.42 Å². The Bertz CT molecular complexity index is 296. The maximum Gasteiger partial charge on any atom is 0.0803 e. The highest BCUT2D eigenvalue weighted by molar-refractivity contribution is 5.12. The van der Waals surface area contributed by atoms with Crippen LogP contribution < -0.4 is 0 Å². The SMILES string of the molecule is OC(CCN1CCCCC1)c1ccncc1. The molecule has 0 aromatic carbocycles. The van der Waals surface area contributed by atoms with Gasteiger partial charge in [0, 0.05) is 18.9 Å². The molecule has 0 spiro atoms. The Kier molecular flexibility index (Phi) is 4.31. The third-order valence-corrected chi connectivity index (χ3v) is 3.26. The molecule has 1 aliphatic heterocycles. The third-order valence-electron chi connectivity index (χ3n) is 3.26. The van der Waals surface area contributed by atoms with Crippen molar-refractivity contribution in [2.24, 2.45) is 0 Å². The Morgan fingerprint density at radius 3 is 2.56 bits per heavy atom. The monoisotopic (exact) mass is 220 g/mol. The first-order chi connectivity index (χ1) is 7.86. The summed E-state index contributed by atoms with van der Waals surface area (Å²) in [6.45, 7) is 3.40. The summed E-state index contributed by atoms with van der Waals surface area (Å²) in [6.07, 6.45) is 7.94. The minimum Gasteiger partial charge on any atom is -0.388 e. The number of aliphatic hydroxyl groups is 1. The molecule has 1 aromatic heterocycles. The lowest BCUT2D eigenvalue weighted by Gasteiger charge is -2.27. The van der Waals surface area contributed by atoms with E-state index >= 15 is 0 Å². The number of piperidine rings is 1. The molecule has 0 saturated carbocycles. The van der Waals surface area contributed by atoms with Gasteiger partial charge in [-0.3, -0.25) is 4.98 Å². The number of rotatable bonds is 4. The summed E-state index contributed by atoms with van der Waals surface area (Å²) in [5.74, 6) is 0. The highest BCUT2D eigenvalue weighted by Crippen LogP contribution is 2.17. The van der Waals surface area contributed by atoms with Crippen molar-refractivity contribution in [1.82, 2.24) is 9.88 Å². The molecule has 1 aromatic rings. The van der Waals surface area contributed by atoms with Gasteiger partial charge in [0.25, 0.3) is 0 Å². The Morgan fingerprint density at radius 1 is 1.19 bits per heavy atom. The maximum atomic E-state index is 10.00. The van der Waals surface area contributed by atoms with Gasteiger partial charge in [-0.2, -0.15) is 0 Å². The van der Waals surface area contributed by atoms with E-state index in [1.54, 1.807) is 12.4 Å². The first kappa shape index (κ1) is 11.6. The second kappa shape index (κ2) is 5.97. The fourth-order valence-corrected chi connectivity index (χ4v) is 2.24. The van der Waals surface area contributed by atoms with E-state index in [1.165, 1.54) is 32.4 Å². The number of hydrogen-bond acceptors (Lipinski definition) is 3. The quantitative estimate of drug-likeness (QED) is 0.843. The molecule has 2 heterocycles. The molecule has 1 unspecified atom stereocenters. The van der Waals surface area contributed by atoms with E-state index in [2.05, 4.69) is 9.88 Å². The van der Waals surface area contributed by atoms with E-state index in [0.717, 1.165) is 18.5 Å². The van der Waals surface area contributed by atoms with Crippen LogP contribution in [0.5, 0.6) is 0 Å². The second-order valence-electron chi connectivity index (χ2n) is 4.49. The lowest BCUT2D eigenvalue weighted by atomic mass is 10.1. The summed E-state index contributed by atoms with van der Waals surface area (Å²) in [5.41, 5.74) is 0.979. The average molecular weight is 220 g/mol. The highest BCUT2D eigenvalue weighted by atomic mass is 16.3. The Balaban J connectivity index is 1.77. The van der Waals surface area contributed by atoms with Crippen molar-refractivity contribution in [1.29, 1.82) is 0 Å². The molecule has 1 fully saturated rings. The number of nitrogens with zero attached hydrogens (tertiary/aromatic N) is 2. The van der Waals surface area contributed by atoms with Crippen molar-refractivity contribution < 1.29 is 5.11 Å². The van der Waals surface area contributed by atoms with E-state index in [1.807, 2.05) is 12.1 Å². The molecular formula is C13H20N2O. The number of aliphatic hydroxyl groups excluding tert-OH is 1. The van der Waals surface area contributed by atoms with Gasteiger partial charge in [0.2, 0.25) is 0 Å². The fourth-order valence-electron chi connectivity index (χ4n) is 2.24. The van der Waals surface area contributed by atoms with Gasteiger partial charge in [0.15, 0.2) is 0 Å². The van der Waals surface area contributed by atoms with Crippen molar-refractivity contribution in [3.63, 3.8) is 0 Å². The molecular weight excluding hydrogens is 200 g/mol. The van der Waals surface area contributed by atoms with Crippen LogP contribution in [-0.4, -0.2) is 34.6 Å². The molecule has 2 rings (SSSR count). The zero-order valence-electron chi connectivity index (χ0n) is 9.68.